The van der Waals surface area contributed by atoms with E-state index in [1.165, 1.54) is 5.69 Å². The summed E-state index contributed by atoms with van der Waals surface area (Å²) in [4.78, 5) is 14.1. The molecule has 0 saturated carbocycles. The van der Waals surface area contributed by atoms with Crippen LogP contribution in [0.1, 0.15) is 12.0 Å². The van der Waals surface area contributed by atoms with E-state index in [1.807, 2.05) is 36.4 Å². The third kappa shape index (κ3) is 5.08. The molecule has 0 saturated heterocycles. The number of carbonyl (C=O) groups is 1. The molecule has 2 aromatic rings. The van der Waals surface area contributed by atoms with Crippen LogP contribution >= 0.6 is 11.6 Å². The zero-order chi connectivity index (χ0) is 15.8. The van der Waals surface area contributed by atoms with Gasteiger partial charge in [-0.25, -0.2) is 0 Å². The number of halogens is 1. The Kier molecular flexibility index (Phi) is 6.28. The molecule has 0 aliphatic rings. The number of amides is 1. The maximum absolute atomic E-state index is 11.9. The van der Waals surface area contributed by atoms with Gasteiger partial charge < -0.3 is 10.2 Å². The van der Waals surface area contributed by atoms with Gasteiger partial charge in [0, 0.05) is 30.8 Å². The normalized spacial score (nSPS) is 10.3. The summed E-state index contributed by atoms with van der Waals surface area (Å²) in [7, 11) is 2.06. The highest BCUT2D eigenvalue weighted by atomic mass is 35.5. The van der Waals surface area contributed by atoms with Crippen molar-refractivity contribution in [3.63, 3.8) is 0 Å². The number of nitrogens with zero attached hydrogens (tertiary/aromatic N) is 1. The zero-order valence-electron chi connectivity index (χ0n) is 12.8. The van der Waals surface area contributed by atoms with Crippen molar-refractivity contribution in [2.75, 3.05) is 25.0 Å². The monoisotopic (exact) mass is 316 g/mol. The molecule has 1 amide bonds. The Morgan fingerprint density at radius 3 is 2.50 bits per heavy atom. The summed E-state index contributed by atoms with van der Waals surface area (Å²) < 4.78 is 0. The number of anilines is 1. The smallest absolute Gasteiger partial charge is 0.224 e. The Hall–Kier alpha value is -2.00. The van der Waals surface area contributed by atoms with Crippen LogP contribution in [-0.4, -0.2) is 26.0 Å². The first-order chi connectivity index (χ1) is 10.7. The molecule has 0 heterocycles. The number of benzene rings is 2. The Bertz CT molecular complexity index is 601. The van der Waals surface area contributed by atoms with Gasteiger partial charge in [-0.1, -0.05) is 48.0 Å². The lowest BCUT2D eigenvalue weighted by Crippen LogP contribution is -2.29. The van der Waals surface area contributed by atoms with Crippen molar-refractivity contribution in [3.05, 3.63) is 65.2 Å². The van der Waals surface area contributed by atoms with E-state index in [0.717, 1.165) is 18.5 Å². The van der Waals surface area contributed by atoms with Crippen LogP contribution in [0.5, 0.6) is 0 Å². The van der Waals surface area contributed by atoms with Gasteiger partial charge in [0.2, 0.25) is 5.91 Å². The van der Waals surface area contributed by atoms with E-state index in [2.05, 4.69) is 29.4 Å². The van der Waals surface area contributed by atoms with Gasteiger partial charge in [-0.2, -0.15) is 0 Å². The fourth-order valence-electron chi connectivity index (χ4n) is 2.23. The minimum atomic E-state index is 0.00969. The van der Waals surface area contributed by atoms with Crippen LogP contribution in [0, 0.1) is 0 Å². The predicted molar refractivity (Wildman–Crippen MR) is 92.5 cm³/mol. The molecule has 0 unspecified atom stereocenters. The number of rotatable bonds is 7. The van der Waals surface area contributed by atoms with Crippen molar-refractivity contribution >= 4 is 23.2 Å². The van der Waals surface area contributed by atoms with Gasteiger partial charge in [0.05, 0.1) is 6.42 Å². The highest BCUT2D eigenvalue weighted by Crippen LogP contribution is 2.15. The van der Waals surface area contributed by atoms with E-state index in [4.69, 9.17) is 11.6 Å². The molecule has 3 nitrogen and oxygen atoms in total. The fourth-order valence-corrected chi connectivity index (χ4v) is 2.44. The van der Waals surface area contributed by atoms with Crippen LogP contribution in [0.3, 0.4) is 0 Å². The van der Waals surface area contributed by atoms with Crippen LogP contribution in [-0.2, 0) is 11.2 Å². The second-order valence-corrected chi connectivity index (χ2v) is 5.64. The molecular weight excluding hydrogens is 296 g/mol. The molecule has 116 valence electrons. The maximum Gasteiger partial charge on any atom is 0.224 e. The summed E-state index contributed by atoms with van der Waals surface area (Å²) in [5, 5.41) is 3.58. The average molecular weight is 317 g/mol. The zero-order valence-corrected chi connectivity index (χ0v) is 13.5. The number of hydrogen-bond donors (Lipinski definition) is 1. The minimum Gasteiger partial charge on any atom is -0.375 e. The maximum atomic E-state index is 11.9. The highest BCUT2D eigenvalue weighted by molar-refractivity contribution is 6.31. The summed E-state index contributed by atoms with van der Waals surface area (Å²) in [5.74, 6) is 0.00969. The molecule has 0 spiro atoms. The van der Waals surface area contributed by atoms with Crippen LogP contribution in [0.4, 0.5) is 5.69 Å². The minimum absolute atomic E-state index is 0.00969. The van der Waals surface area contributed by atoms with E-state index in [1.54, 1.807) is 6.07 Å². The first-order valence-electron chi connectivity index (χ1n) is 7.43. The molecule has 0 bridgehead atoms. The Labute approximate surface area is 136 Å². The van der Waals surface area contributed by atoms with Gasteiger partial charge in [0.25, 0.3) is 0 Å². The Morgan fingerprint density at radius 1 is 1.09 bits per heavy atom. The van der Waals surface area contributed by atoms with Crippen molar-refractivity contribution < 1.29 is 4.79 Å². The third-order valence-corrected chi connectivity index (χ3v) is 3.87. The Balaban J connectivity index is 1.68. The summed E-state index contributed by atoms with van der Waals surface area (Å²) in [5.41, 5.74) is 2.05. The van der Waals surface area contributed by atoms with Crippen LogP contribution in [0.25, 0.3) is 0 Å². The lowest BCUT2D eigenvalue weighted by molar-refractivity contribution is -0.120. The molecule has 0 radical (unpaired) electrons. The third-order valence-electron chi connectivity index (χ3n) is 3.50. The molecule has 0 aromatic heterocycles. The number of nitrogens with one attached hydrogen (secondary N) is 1. The van der Waals surface area contributed by atoms with E-state index in [9.17, 15) is 4.79 Å². The average Bonchev–Trinajstić information content (AvgIpc) is 2.54. The first-order valence-corrected chi connectivity index (χ1v) is 7.81. The number of carbonyl (C=O) groups excluding carboxylic acids is 1. The molecule has 0 fully saturated rings. The number of para-hydroxylation sites is 1. The summed E-state index contributed by atoms with van der Waals surface area (Å²) in [6.45, 7) is 1.57. The van der Waals surface area contributed by atoms with Gasteiger partial charge in [-0.05, 0) is 30.2 Å². The summed E-state index contributed by atoms with van der Waals surface area (Å²) in [6.07, 6.45) is 1.23. The van der Waals surface area contributed by atoms with Gasteiger partial charge in [-0.3, -0.25) is 4.79 Å². The molecule has 0 aliphatic heterocycles. The fraction of sp³-hybridized carbons (Fsp3) is 0.278. The summed E-state index contributed by atoms with van der Waals surface area (Å²) in [6, 6.07) is 17.7. The highest BCUT2D eigenvalue weighted by Gasteiger charge is 2.06. The molecule has 1 N–H and O–H groups in total. The molecule has 4 heteroatoms. The number of hydrogen-bond acceptors (Lipinski definition) is 2. The first kappa shape index (κ1) is 16.4. The van der Waals surface area contributed by atoms with Crippen molar-refractivity contribution in [1.29, 1.82) is 0 Å². The van der Waals surface area contributed by atoms with E-state index >= 15 is 0 Å². The second-order valence-electron chi connectivity index (χ2n) is 5.23. The van der Waals surface area contributed by atoms with Gasteiger partial charge in [-0.15, -0.1) is 0 Å². The van der Waals surface area contributed by atoms with E-state index in [0.29, 0.717) is 18.0 Å². The van der Waals surface area contributed by atoms with Gasteiger partial charge in [0.1, 0.15) is 0 Å². The standard InChI is InChI=1S/C18H21ClN2O/c1-21(16-9-3-2-4-10-16)13-7-12-20-18(22)14-15-8-5-6-11-17(15)19/h2-6,8-11H,7,12-14H2,1H3,(H,20,22). The van der Waals surface area contributed by atoms with E-state index < -0.39 is 0 Å². The molecule has 2 rings (SSSR count). The quantitative estimate of drug-likeness (QED) is 0.793. The molecular formula is C18H21ClN2O. The van der Waals surface area contributed by atoms with Crippen molar-refractivity contribution in [2.24, 2.45) is 0 Å². The predicted octanol–water partition coefficient (Wildman–Crippen LogP) is 3.53. The largest absolute Gasteiger partial charge is 0.375 e. The molecule has 0 aliphatic carbocycles. The van der Waals surface area contributed by atoms with E-state index in [-0.39, 0.29) is 5.91 Å². The van der Waals surface area contributed by atoms with Crippen LogP contribution in [0.15, 0.2) is 54.6 Å². The van der Waals surface area contributed by atoms with Crippen LogP contribution in [0.2, 0.25) is 5.02 Å². The SMILES string of the molecule is CN(CCCNC(=O)Cc1ccccc1Cl)c1ccccc1. The van der Waals surface area contributed by atoms with Crippen molar-refractivity contribution in [2.45, 2.75) is 12.8 Å². The second kappa shape index (κ2) is 8.44. The lowest BCUT2D eigenvalue weighted by Gasteiger charge is -2.19. The Morgan fingerprint density at radius 2 is 1.77 bits per heavy atom. The van der Waals surface area contributed by atoms with Crippen LogP contribution < -0.4 is 10.2 Å². The van der Waals surface area contributed by atoms with Gasteiger partial charge >= 0.3 is 0 Å². The summed E-state index contributed by atoms with van der Waals surface area (Å²) >= 11 is 6.05. The van der Waals surface area contributed by atoms with Gasteiger partial charge in [0.15, 0.2) is 0 Å². The molecule has 0 atom stereocenters. The molecule has 22 heavy (non-hydrogen) atoms. The molecule has 2 aromatic carbocycles. The van der Waals surface area contributed by atoms with Crippen molar-refractivity contribution in [1.82, 2.24) is 5.32 Å². The topological polar surface area (TPSA) is 32.3 Å². The van der Waals surface area contributed by atoms with Crippen molar-refractivity contribution in [3.8, 4) is 0 Å². The lowest BCUT2D eigenvalue weighted by atomic mass is 10.1.